The first-order valence-electron chi connectivity index (χ1n) is 8.65. The number of hydrogen-bond acceptors (Lipinski definition) is 8. The Hall–Kier alpha value is -4.16. The second kappa shape index (κ2) is 10.2. The molecule has 0 aliphatic rings. The van der Waals surface area contributed by atoms with Gasteiger partial charge >= 0.3 is 18.3 Å². The Labute approximate surface area is 178 Å². The number of non-ortho nitro benzene ring substituents is 1. The van der Waals surface area contributed by atoms with E-state index in [4.69, 9.17) is 4.74 Å². The van der Waals surface area contributed by atoms with Crippen LogP contribution in [-0.2, 0) is 20.8 Å². The number of esters is 2. The highest BCUT2D eigenvalue weighted by molar-refractivity contribution is 5.97. The monoisotopic (exact) mass is 456 g/mol. The summed E-state index contributed by atoms with van der Waals surface area (Å²) in [6.45, 7) is -1.19. The lowest BCUT2D eigenvalue weighted by molar-refractivity contribution is -0.384. The van der Waals surface area contributed by atoms with Crippen LogP contribution >= 0.6 is 0 Å². The summed E-state index contributed by atoms with van der Waals surface area (Å²) in [6.07, 6.45) is -4.92. The van der Waals surface area contributed by atoms with Crippen molar-refractivity contribution in [2.24, 2.45) is 0 Å². The molecule has 0 spiro atoms. The Morgan fingerprint density at radius 3 is 2.28 bits per heavy atom. The molecule has 0 radical (unpaired) electrons. The first-order valence-corrected chi connectivity index (χ1v) is 8.65. The first kappa shape index (κ1) is 24.1. The number of rotatable bonds is 8. The van der Waals surface area contributed by atoms with Crippen LogP contribution in [-0.4, -0.2) is 42.8 Å². The van der Waals surface area contributed by atoms with Crippen LogP contribution < -0.4 is 10.1 Å². The predicted octanol–water partition coefficient (Wildman–Crippen LogP) is 2.75. The fourth-order valence-electron chi connectivity index (χ4n) is 2.40. The second-order valence-electron chi connectivity index (χ2n) is 6.03. The number of methoxy groups -OCH3 is 1. The Morgan fingerprint density at radius 1 is 1.06 bits per heavy atom. The zero-order valence-corrected chi connectivity index (χ0v) is 16.3. The molecule has 1 N–H and O–H groups in total. The van der Waals surface area contributed by atoms with Gasteiger partial charge in [-0.2, -0.15) is 0 Å². The molecule has 0 unspecified atom stereocenters. The number of ether oxygens (including phenoxy) is 3. The molecule has 10 nitrogen and oxygen atoms in total. The van der Waals surface area contributed by atoms with Crippen molar-refractivity contribution in [3.63, 3.8) is 0 Å². The maximum Gasteiger partial charge on any atom is 0.573 e. The van der Waals surface area contributed by atoms with Gasteiger partial charge in [0.05, 0.1) is 23.2 Å². The fraction of sp³-hybridized carbons (Fsp3) is 0.211. The van der Waals surface area contributed by atoms with Crippen LogP contribution in [0.3, 0.4) is 0 Å². The molecule has 13 heteroatoms. The van der Waals surface area contributed by atoms with Crippen LogP contribution in [0.2, 0.25) is 0 Å². The van der Waals surface area contributed by atoms with Gasteiger partial charge < -0.3 is 19.5 Å². The minimum absolute atomic E-state index is 0.0194. The van der Waals surface area contributed by atoms with Gasteiger partial charge in [-0.3, -0.25) is 14.9 Å². The molecule has 32 heavy (non-hydrogen) atoms. The van der Waals surface area contributed by atoms with Crippen molar-refractivity contribution < 1.29 is 46.7 Å². The minimum Gasteiger partial charge on any atom is -0.465 e. The van der Waals surface area contributed by atoms with E-state index in [1.807, 2.05) is 0 Å². The van der Waals surface area contributed by atoms with E-state index in [2.05, 4.69) is 14.8 Å². The van der Waals surface area contributed by atoms with Gasteiger partial charge in [0, 0.05) is 24.2 Å². The molecule has 0 heterocycles. The summed E-state index contributed by atoms with van der Waals surface area (Å²) >= 11 is 0. The molecule has 0 aromatic heterocycles. The normalized spacial score (nSPS) is 10.8. The third-order valence-electron chi connectivity index (χ3n) is 3.79. The number of nitro benzene ring substituents is 1. The Bertz CT molecular complexity index is 1040. The number of amides is 1. The van der Waals surface area contributed by atoms with Gasteiger partial charge in [-0.15, -0.1) is 13.2 Å². The molecule has 2 aromatic rings. The number of benzene rings is 2. The fourth-order valence-corrected chi connectivity index (χ4v) is 2.40. The summed E-state index contributed by atoms with van der Waals surface area (Å²) in [5, 5.41) is 13.3. The van der Waals surface area contributed by atoms with Crippen molar-refractivity contribution in [1.29, 1.82) is 0 Å². The number of halogens is 3. The maximum absolute atomic E-state index is 12.4. The largest absolute Gasteiger partial charge is 0.573 e. The number of nitrogens with zero attached hydrogens (tertiary/aromatic N) is 1. The van der Waals surface area contributed by atoms with E-state index < -0.39 is 47.2 Å². The van der Waals surface area contributed by atoms with Crippen molar-refractivity contribution in [3.05, 3.63) is 69.3 Å². The van der Waals surface area contributed by atoms with Gasteiger partial charge in [0.2, 0.25) is 0 Å². The van der Waals surface area contributed by atoms with Crippen LogP contribution in [0.1, 0.15) is 26.3 Å². The van der Waals surface area contributed by atoms with Crippen LogP contribution in [0.15, 0.2) is 42.5 Å². The lowest BCUT2D eigenvalue weighted by Crippen LogP contribution is -2.29. The lowest BCUT2D eigenvalue weighted by Gasteiger charge is -2.13. The topological polar surface area (TPSA) is 134 Å². The average Bonchev–Trinajstić information content (AvgIpc) is 2.74. The highest BCUT2D eigenvalue weighted by Gasteiger charge is 2.32. The number of carbonyl (C=O) groups is 3. The van der Waals surface area contributed by atoms with Gasteiger partial charge in [-0.25, -0.2) is 9.59 Å². The molecule has 0 saturated carbocycles. The molecule has 170 valence electrons. The molecule has 0 atom stereocenters. The van der Waals surface area contributed by atoms with Crippen molar-refractivity contribution in [2.45, 2.75) is 12.9 Å². The lowest BCUT2D eigenvalue weighted by atomic mass is 10.1. The number of nitro groups is 1. The minimum atomic E-state index is -4.92. The number of hydrogen-bond donors (Lipinski definition) is 1. The van der Waals surface area contributed by atoms with Gasteiger partial charge in [-0.05, 0) is 12.1 Å². The van der Waals surface area contributed by atoms with Crippen LogP contribution in [0.4, 0.5) is 18.9 Å². The summed E-state index contributed by atoms with van der Waals surface area (Å²) in [5.74, 6) is -3.45. The Balaban J connectivity index is 2.01. The van der Waals surface area contributed by atoms with Crippen molar-refractivity contribution in [3.8, 4) is 5.75 Å². The van der Waals surface area contributed by atoms with Gasteiger partial charge in [-0.1, -0.05) is 18.2 Å². The number of carbonyl (C=O) groups excluding carboxylic acids is 3. The molecule has 0 fully saturated rings. The summed E-state index contributed by atoms with van der Waals surface area (Å²) in [4.78, 5) is 45.8. The van der Waals surface area contributed by atoms with E-state index in [0.29, 0.717) is 0 Å². The summed E-state index contributed by atoms with van der Waals surface area (Å²) in [5.41, 5.74) is -1.22. The SMILES string of the molecule is COC(=O)c1cc(C(=O)OCC(=O)NCc2ccccc2OC(F)(F)F)cc([N+](=O)[O-])c1. The number of nitrogens with one attached hydrogen (secondary N) is 1. The van der Waals surface area contributed by atoms with E-state index in [-0.39, 0.29) is 23.2 Å². The third-order valence-corrected chi connectivity index (χ3v) is 3.79. The second-order valence-corrected chi connectivity index (χ2v) is 6.03. The van der Waals surface area contributed by atoms with Crippen LogP contribution in [0, 0.1) is 10.1 Å². The van der Waals surface area contributed by atoms with Crippen LogP contribution in [0.5, 0.6) is 5.75 Å². The molecule has 0 aliphatic carbocycles. The molecular formula is C19H15F3N2O8. The maximum atomic E-state index is 12.4. The molecule has 0 bridgehead atoms. The van der Waals surface area contributed by atoms with Crippen molar-refractivity contribution in [1.82, 2.24) is 5.32 Å². The molecular weight excluding hydrogens is 441 g/mol. The van der Waals surface area contributed by atoms with Crippen LogP contribution in [0.25, 0.3) is 0 Å². The first-order chi connectivity index (χ1) is 15.0. The van der Waals surface area contributed by atoms with E-state index in [1.54, 1.807) is 0 Å². The van der Waals surface area contributed by atoms with Gasteiger partial charge in [0.1, 0.15) is 5.75 Å². The van der Waals surface area contributed by atoms with Crippen molar-refractivity contribution >= 4 is 23.5 Å². The molecule has 0 saturated heterocycles. The van der Waals surface area contributed by atoms with E-state index >= 15 is 0 Å². The van der Waals surface area contributed by atoms with E-state index in [9.17, 15) is 37.7 Å². The Kier molecular flexibility index (Phi) is 7.71. The highest BCUT2D eigenvalue weighted by atomic mass is 19.4. The third kappa shape index (κ3) is 6.97. The van der Waals surface area contributed by atoms with Crippen molar-refractivity contribution in [2.75, 3.05) is 13.7 Å². The summed E-state index contributed by atoms with van der Waals surface area (Å²) < 4.78 is 50.4. The summed E-state index contributed by atoms with van der Waals surface area (Å²) in [7, 11) is 1.04. The molecule has 2 aromatic carbocycles. The zero-order chi connectivity index (χ0) is 23.9. The number of para-hydroxylation sites is 1. The summed E-state index contributed by atoms with van der Waals surface area (Å²) in [6, 6.07) is 7.85. The molecule has 2 rings (SSSR count). The highest BCUT2D eigenvalue weighted by Crippen LogP contribution is 2.26. The van der Waals surface area contributed by atoms with E-state index in [0.717, 1.165) is 31.4 Å². The zero-order valence-electron chi connectivity index (χ0n) is 16.3. The molecule has 0 aliphatic heterocycles. The van der Waals surface area contributed by atoms with Gasteiger partial charge in [0.25, 0.3) is 11.6 Å². The number of alkyl halides is 3. The standard InChI is InChI=1S/C19H15F3N2O8/c1-30-17(26)12-6-13(8-14(7-12)24(28)29)18(27)31-10-16(25)23-9-11-4-2-3-5-15(11)32-19(20,21)22/h2-8H,9-10H2,1H3,(H,23,25). The Morgan fingerprint density at radius 2 is 1.69 bits per heavy atom. The quantitative estimate of drug-likeness (QED) is 0.364. The van der Waals surface area contributed by atoms with Gasteiger partial charge in [0.15, 0.2) is 6.61 Å². The van der Waals surface area contributed by atoms with E-state index in [1.165, 1.54) is 18.2 Å². The molecule has 1 amide bonds. The average molecular weight is 456 g/mol. The predicted molar refractivity (Wildman–Crippen MR) is 99.7 cm³/mol. The smallest absolute Gasteiger partial charge is 0.465 e.